The molecule has 0 saturated carbocycles. The smallest absolute Gasteiger partial charge is 0.115 e. The predicted molar refractivity (Wildman–Crippen MR) is 101 cm³/mol. The van der Waals surface area contributed by atoms with E-state index in [-0.39, 0.29) is 42.4 Å². The molecule has 2 atom stereocenters. The molecule has 0 aliphatic carbocycles. The van der Waals surface area contributed by atoms with Crippen LogP contribution in [0, 0.1) is 0 Å². The molecular formula is C18H25Cl2NO3. The van der Waals surface area contributed by atoms with Crippen LogP contribution in [0.25, 0.3) is 0 Å². The van der Waals surface area contributed by atoms with Crippen LogP contribution in [0.5, 0.6) is 11.5 Å². The standard InChI is InChI=1S/C18H23NO3.2ClH/c1-13(2-3-14-4-8-16(20)9-5-14)19-12-18(22)15-6-10-17(21)11-7-15;;/h4-11,13,18-22H,2-3,12H2,1H3;2*1H. The number of aryl methyl sites for hydroxylation is 1. The van der Waals surface area contributed by atoms with Crippen LogP contribution in [0.3, 0.4) is 0 Å². The fourth-order valence-corrected chi connectivity index (χ4v) is 2.27. The number of aromatic hydroxyl groups is 2. The zero-order chi connectivity index (χ0) is 15.9. The van der Waals surface area contributed by atoms with E-state index in [4.69, 9.17) is 0 Å². The monoisotopic (exact) mass is 373 g/mol. The SMILES string of the molecule is CC(CCc1ccc(O)cc1)NCC(O)c1ccc(O)cc1.Cl.Cl. The second-order valence-corrected chi connectivity index (χ2v) is 5.62. The van der Waals surface area contributed by atoms with Crippen molar-refractivity contribution < 1.29 is 15.3 Å². The van der Waals surface area contributed by atoms with Gasteiger partial charge in [-0.2, -0.15) is 0 Å². The van der Waals surface area contributed by atoms with Crippen LogP contribution in [0.4, 0.5) is 0 Å². The van der Waals surface area contributed by atoms with Crippen molar-refractivity contribution in [3.05, 3.63) is 59.7 Å². The molecule has 4 nitrogen and oxygen atoms in total. The molecule has 0 saturated heterocycles. The number of benzene rings is 2. The number of halogens is 2. The molecule has 0 heterocycles. The summed E-state index contributed by atoms with van der Waals surface area (Å²) in [5, 5.41) is 31.9. The quantitative estimate of drug-likeness (QED) is 0.598. The summed E-state index contributed by atoms with van der Waals surface area (Å²) in [6.07, 6.45) is 1.29. The summed E-state index contributed by atoms with van der Waals surface area (Å²) in [7, 11) is 0. The summed E-state index contributed by atoms with van der Waals surface area (Å²) < 4.78 is 0. The molecule has 24 heavy (non-hydrogen) atoms. The van der Waals surface area contributed by atoms with Gasteiger partial charge in [0.1, 0.15) is 11.5 Å². The Balaban J connectivity index is 0.00000264. The number of phenols is 2. The van der Waals surface area contributed by atoms with Crippen molar-refractivity contribution in [1.29, 1.82) is 0 Å². The maximum absolute atomic E-state index is 10.1. The minimum absolute atomic E-state index is 0. The molecule has 0 radical (unpaired) electrons. The largest absolute Gasteiger partial charge is 0.508 e. The Morgan fingerprint density at radius 3 is 1.92 bits per heavy atom. The topological polar surface area (TPSA) is 72.7 Å². The van der Waals surface area contributed by atoms with E-state index in [1.165, 1.54) is 5.56 Å². The van der Waals surface area contributed by atoms with Crippen molar-refractivity contribution in [3.63, 3.8) is 0 Å². The van der Waals surface area contributed by atoms with Crippen LogP contribution >= 0.6 is 24.8 Å². The molecule has 2 unspecified atom stereocenters. The Morgan fingerprint density at radius 2 is 1.38 bits per heavy atom. The van der Waals surface area contributed by atoms with Gasteiger partial charge in [0.25, 0.3) is 0 Å². The predicted octanol–water partition coefficient (Wildman–Crippen LogP) is 3.59. The molecule has 0 bridgehead atoms. The molecule has 0 amide bonds. The molecule has 0 aromatic heterocycles. The lowest BCUT2D eigenvalue weighted by atomic mass is 10.1. The first-order valence-corrected chi connectivity index (χ1v) is 7.53. The molecule has 0 spiro atoms. The van der Waals surface area contributed by atoms with Gasteiger partial charge in [0.05, 0.1) is 6.10 Å². The number of phenolic OH excluding ortho intramolecular Hbond substituents is 2. The highest BCUT2D eigenvalue weighted by Gasteiger charge is 2.09. The average molecular weight is 374 g/mol. The first kappa shape index (κ1) is 22.5. The molecule has 134 valence electrons. The van der Waals surface area contributed by atoms with Crippen molar-refractivity contribution in [2.75, 3.05) is 6.54 Å². The third kappa shape index (κ3) is 7.41. The van der Waals surface area contributed by atoms with Crippen molar-refractivity contribution in [1.82, 2.24) is 5.32 Å². The van der Waals surface area contributed by atoms with E-state index in [9.17, 15) is 15.3 Å². The van der Waals surface area contributed by atoms with E-state index >= 15 is 0 Å². The van der Waals surface area contributed by atoms with E-state index < -0.39 is 6.10 Å². The summed E-state index contributed by atoms with van der Waals surface area (Å²) in [6, 6.07) is 14.1. The number of aliphatic hydroxyl groups is 1. The normalized spacial score (nSPS) is 12.6. The molecule has 0 fully saturated rings. The number of rotatable bonds is 7. The van der Waals surface area contributed by atoms with Crippen molar-refractivity contribution in [2.24, 2.45) is 0 Å². The van der Waals surface area contributed by atoms with Gasteiger partial charge in [-0.3, -0.25) is 0 Å². The van der Waals surface area contributed by atoms with Gasteiger partial charge in [-0.05, 0) is 55.2 Å². The number of hydrogen-bond acceptors (Lipinski definition) is 4. The Labute approximate surface area is 155 Å². The Morgan fingerprint density at radius 1 is 0.875 bits per heavy atom. The zero-order valence-corrected chi connectivity index (χ0v) is 15.2. The lowest BCUT2D eigenvalue weighted by Crippen LogP contribution is -2.30. The molecule has 2 rings (SSSR count). The Bertz CT molecular complexity index is 576. The van der Waals surface area contributed by atoms with Gasteiger partial charge < -0.3 is 20.6 Å². The van der Waals surface area contributed by atoms with Crippen molar-refractivity contribution >= 4 is 24.8 Å². The Hall–Kier alpha value is -1.46. The maximum Gasteiger partial charge on any atom is 0.115 e. The molecule has 6 heteroatoms. The highest BCUT2D eigenvalue weighted by Crippen LogP contribution is 2.16. The summed E-state index contributed by atoms with van der Waals surface area (Å²) >= 11 is 0. The third-order valence-electron chi connectivity index (χ3n) is 3.74. The highest BCUT2D eigenvalue weighted by molar-refractivity contribution is 5.85. The van der Waals surface area contributed by atoms with E-state index in [2.05, 4.69) is 12.2 Å². The fourth-order valence-electron chi connectivity index (χ4n) is 2.27. The fraction of sp³-hybridized carbons (Fsp3) is 0.333. The molecule has 4 N–H and O–H groups in total. The summed E-state index contributed by atoms with van der Waals surface area (Å²) in [5.74, 6) is 0.484. The lowest BCUT2D eigenvalue weighted by molar-refractivity contribution is 0.170. The summed E-state index contributed by atoms with van der Waals surface area (Å²) in [4.78, 5) is 0. The number of hydrogen-bond donors (Lipinski definition) is 4. The van der Waals surface area contributed by atoms with Gasteiger partial charge in [0.15, 0.2) is 0 Å². The van der Waals surface area contributed by atoms with E-state index in [1.54, 1.807) is 36.4 Å². The molecule has 2 aromatic rings. The molecule has 0 aliphatic heterocycles. The van der Waals surface area contributed by atoms with Crippen molar-refractivity contribution in [3.8, 4) is 11.5 Å². The maximum atomic E-state index is 10.1. The van der Waals surface area contributed by atoms with Crippen LogP contribution in [0.2, 0.25) is 0 Å². The van der Waals surface area contributed by atoms with Gasteiger partial charge in [0.2, 0.25) is 0 Å². The van der Waals surface area contributed by atoms with Gasteiger partial charge in [-0.1, -0.05) is 24.3 Å². The minimum atomic E-state index is -0.586. The molecule has 0 aliphatic rings. The Kier molecular flexibility index (Phi) is 10.5. The first-order chi connectivity index (χ1) is 10.5. The average Bonchev–Trinajstić information content (AvgIpc) is 2.52. The summed E-state index contributed by atoms with van der Waals surface area (Å²) in [5.41, 5.74) is 1.97. The number of nitrogens with one attached hydrogen (secondary N) is 1. The lowest BCUT2D eigenvalue weighted by Gasteiger charge is -2.17. The van der Waals surface area contributed by atoms with E-state index in [0.717, 1.165) is 18.4 Å². The second-order valence-electron chi connectivity index (χ2n) is 5.62. The molecular weight excluding hydrogens is 349 g/mol. The minimum Gasteiger partial charge on any atom is -0.508 e. The van der Waals surface area contributed by atoms with Crippen LogP contribution in [0.15, 0.2) is 48.5 Å². The van der Waals surface area contributed by atoms with Crippen LogP contribution in [-0.4, -0.2) is 27.9 Å². The molecule has 2 aromatic carbocycles. The zero-order valence-electron chi connectivity index (χ0n) is 13.6. The van der Waals surface area contributed by atoms with Crippen LogP contribution in [0.1, 0.15) is 30.6 Å². The van der Waals surface area contributed by atoms with E-state index in [1.807, 2.05) is 12.1 Å². The van der Waals surface area contributed by atoms with Crippen LogP contribution < -0.4 is 5.32 Å². The number of aliphatic hydroxyl groups excluding tert-OH is 1. The van der Waals surface area contributed by atoms with Gasteiger partial charge in [0, 0.05) is 12.6 Å². The van der Waals surface area contributed by atoms with Crippen LogP contribution in [-0.2, 0) is 6.42 Å². The first-order valence-electron chi connectivity index (χ1n) is 7.53. The van der Waals surface area contributed by atoms with Gasteiger partial charge in [-0.15, -0.1) is 24.8 Å². The van der Waals surface area contributed by atoms with Gasteiger partial charge in [-0.25, -0.2) is 0 Å². The third-order valence-corrected chi connectivity index (χ3v) is 3.74. The van der Waals surface area contributed by atoms with E-state index in [0.29, 0.717) is 6.54 Å². The summed E-state index contributed by atoms with van der Waals surface area (Å²) in [6.45, 7) is 2.56. The second kappa shape index (κ2) is 11.2. The van der Waals surface area contributed by atoms with Crippen molar-refractivity contribution in [2.45, 2.75) is 31.9 Å². The van der Waals surface area contributed by atoms with Gasteiger partial charge >= 0.3 is 0 Å². The highest BCUT2D eigenvalue weighted by atomic mass is 35.5.